The van der Waals surface area contributed by atoms with E-state index >= 15 is 0 Å². The summed E-state index contributed by atoms with van der Waals surface area (Å²) in [5, 5.41) is 0. The Balaban J connectivity index is 2.39. The van der Waals surface area contributed by atoms with Crippen LogP contribution in [-0.4, -0.2) is 12.2 Å². The Kier molecular flexibility index (Phi) is 2.52. The smallest absolute Gasteiger partial charge is 0.421 e. The first-order valence-electron chi connectivity index (χ1n) is 4.73. The molecular weight excluding hydrogens is 240 g/mol. The van der Waals surface area contributed by atoms with E-state index in [1.54, 1.807) is 6.08 Å². The minimum absolute atomic E-state index is 0.403. The molecule has 6 heteroatoms. The Morgan fingerprint density at radius 3 is 2.24 bits per heavy atom. The van der Waals surface area contributed by atoms with Gasteiger partial charge < -0.3 is 9.47 Å². The molecule has 0 N–H and O–H groups in total. The van der Waals surface area contributed by atoms with Crippen molar-refractivity contribution in [1.29, 1.82) is 0 Å². The first-order chi connectivity index (χ1) is 7.86. The number of rotatable bonds is 2. The largest absolute Gasteiger partial charge is 0.507 e. The molecule has 17 heavy (non-hydrogen) atoms. The molecular formula is C11H8F4O2. The Bertz CT molecular complexity index is 457. The van der Waals surface area contributed by atoms with E-state index in [1.807, 2.05) is 0 Å². The molecule has 0 aliphatic carbocycles. The van der Waals surface area contributed by atoms with Crippen molar-refractivity contribution in [3.63, 3.8) is 0 Å². The average Bonchev–Trinajstić information content (AvgIpc) is 2.20. The van der Waals surface area contributed by atoms with Crippen LogP contribution < -0.4 is 9.47 Å². The van der Waals surface area contributed by atoms with Gasteiger partial charge in [-0.25, -0.2) is 0 Å². The van der Waals surface area contributed by atoms with E-state index in [1.165, 1.54) is 12.1 Å². The number of benzene rings is 1. The fourth-order valence-corrected chi connectivity index (χ4v) is 1.41. The van der Waals surface area contributed by atoms with Gasteiger partial charge in [-0.3, -0.25) is 0 Å². The molecule has 2 nitrogen and oxygen atoms in total. The first kappa shape index (κ1) is 11.8. The third-order valence-electron chi connectivity index (χ3n) is 2.20. The molecule has 1 heterocycles. The zero-order chi connectivity index (χ0) is 12.7. The van der Waals surface area contributed by atoms with Crippen LogP contribution in [0.25, 0.3) is 0 Å². The maximum Gasteiger partial charge on any atom is 0.507 e. The summed E-state index contributed by atoms with van der Waals surface area (Å²) < 4.78 is 59.2. The maximum atomic E-state index is 12.9. The molecule has 92 valence electrons. The summed E-state index contributed by atoms with van der Waals surface area (Å²) in [6, 6.07) is 3.86. The number of alkyl halides is 4. The van der Waals surface area contributed by atoms with Crippen LogP contribution in [-0.2, 0) is 6.42 Å². The lowest BCUT2D eigenvalue weighted by atomic mass is 10.1. The number of halogens is 4. The molecule has 0 saturated heterocycles. The van der Waals surface area contributed by atoms with Gasteiger partial charge in [-0.15, -0.1) is 6.58 Å². The van der Waals surface area contributed by atoms with E-state index in [-0.39, 0.29) is 0 Å². The SMILES string of the molecule is C=CCc1ccc2c(c1)OC(F)(F)C(F)(F)O2. The van der Waals surface area contributed by atoms with Gasteiger partial charge in [0.05, 0.1) is 0 Å². The first-order valence-corrected chi connectivity index (χ1v) is 4.73. The summed E-state index contributed by atoms with van der Waals surface area (Å²) in [6.07, 6.45) is -7.37. The van der Waals surface area contributed by atoms with E-state index < -0.39 is 23.7 Å². The average molecular weight is 248 g/mol. The van der Waals surface area contributed by atoms with Crippen LogP contribution in [0.3, 0.4) is 0 Å². The molecule has 1 aliphatic rings. The number of hydrogen-bond donors (Lipinski definition) is 0. The van der Waals surface area contributed by atoms with Gasteiger partial charge in [-0.1, -0.05) is 12.1 Å². The van der Waals surface area contributed by atoms with E-state index in [0.29, 0.717) is 12.0 Å². The fourth-order valence-electron chi connectivity index (χ4n) is 1.41. The molecule has 0 fully saturated rings. The Hall–Kier alpha value is -1.72. The Morgan fingerprint density at radius 1 is 1.06 bits per heavy atom. The fraction of sp³-hybridized carbons (Fsp3) is 0.273. The van der Waals surface area contributed by atoms with Gasteiger partial charge in [0.1, 0.15) is 0 Å². The molecule has 0 unspecified atom stereocenters. The number of fused-ring (bicyclic) bond motifs is 1. The predicted molar refractivity (Wildman–Crippen MR) is 51.5 cm³/mol. The zero-order valence-electron chi connectivity index (χ0n) is 8.55. The summed E-state index contributed by atoms with van der Waals surface area (Å²) in [4.78, 5) is 0. The molecule has 0 atom stereocenters. The van der Waals surface area contributed by atoms with Gasteiger partial charge in [0, 0.05) is 0 Å². The van der Waals surface area contributed by atoms with Crippen LogP contribution >= 0.6 is 0 Å². The van der Waals surface area contributed by atoms with Crippen molar-refractivity contribution < 1.29 is 27.0 Å². The molecule has 0 amide bonds. The highest BCUT2D eigenvalue weighted by Crippen LogP contribution is 2.46. The summed E-state index contributed by atoms with van der Waals surface area (Å²) in [6.45, 7) is 3.48. The van der Waals surface area contributed by atoms with Crippen molar-refractivity contribution >= 4 is 0 Å². The van der Waals surface area contributed by atoms with Crippen molar-refractivity contribution in [1.82, 2.24) is 0 Å². The molecule has 1 aromatic rings. The topological polar surface area (TPSA) is 18.5 Å². The lowest BCUT2D eigenvalue weighted by Crippen LogP contribution is -2.52. The van der Waals surface area contributed by atoms with E-state index in [4.69, 9.17) is 0 Å². The second kappa shape index (κ2) is 3.65. The van der Waals surface area contributed by atoms with E-state index in [0.717, 1.165) is 6.07 Å². The lowest BCUT2D eigenvalue weighted by Gasteiger charge is -2.31. The molecule has 0 saturated carbocycles. The van der Waals surface area contributed by atoms with Gasteiger partial charge in [0.2, 0.25) is 0 Å². The van der Waals surface area contributed by atoms with Crippen LogP contribution in [0.5, 0.6) is 11.5 Å². The Morgan fingerprint density at radius 2 is 1.65 bits per heavy atom. The Labute approximate surface area is 94.4 Å². The highest BCUT2D eigenvalue weighted by Gasteiger charge is 2.65. The number of allylic oxidation sites excluding steroid dienone is 1. The molecule has 1 aromatic carbocycles. The van der Waals surface area contributed by atoms with Gasteiger partial charge in [-0.05, 0) is 24.1 Å². The van der Waals surface area contributed by atoms with E-state index in [9.17, 15) is 17.6 Å². The molecule has 1 aliphatic heterocycles. The van der Waals surface area contributed by atoms with Crippen molar-refractivity contribution in [2.24, 2.45) is 0 Å². The predicted octanol–water partition coefficient (Wildman–Crippen LogP) is 3.37. The molecule has 0 radical (unpaired) electrons. The minimum Gasteiger partial charge on any atom is -0.421 e. The third kappa shape index (κ3) is 1.94. The molecule has 0 bridgehead atoms. The van der Waals surface area contributed by atoms with Gasteiger partial charge in [0.15, 0.2) is 11.5 Å². The van der Waals surface area contributed by atoms with Gasteiger partial charge in [-0.2, -0.15) is 17.6 Å². The lowest BCUT2D eigenvalue weighted by molar-refractivity contribution is -0.391. The second-order valence-electron chi connectivity index (χ2n) is 3.51. The number of hydrogen-bond acceptors (Lipinski definition) is 2. The molecule has 0 spiro atoms. The second-order valence-corrected chi connectivity index (χ2v) is 3.51. The molecule has 2 rings (SSSR count). The normalized spacial score (nSPS) is 19.8. The highest BCUT2D eigenvalue weighted by molar-refractivity contribution is 5.45. The quantitative estimate of drug-likeness (QED) is 0.590. The van der Waals surface area contributed by atoms with Crippen LogP contribution in [0, 0.1) is 0 Å². The minimum atomic E-state index is -4.67. The highest BCUT2D eigenvalue weighted by atomic mass is 19.3. The van der Waals surface area contributed by atoms with Crippen molar-refractivity contribution in [3.8, 4) is 11.5 Å². The zero-order valence-corrected chi connectivity index (χ0v) is 8.55. The third-order valence-corrected chi connectivity index (χ3v) is 2.20. The summed E-state index contributed by atoms with van der Waals surface area (Å²) in [5.41, 5.74) is 0.614. The van der Waals surface area contributed by atoms with Crippen LogP contribution in [0.1, 0.15) is 5.56 Å². The number of ether oxygens (including phenoxy) is 2. The van der Waals surface area contributed by atoms with Crippen LogP contribution in [0.2, 0.25) is 0 Å². The van der Waals surface area contributed by atoms with Crippen molar-refractivity contribution in [2.75, 3.05) is 0 Å². The standard InChI is InChI=1S/C11H8F4O2/c1-2-3-7-4-5-8-9(6-7)17-11(14,15)10(12,13)16-8/h2,4-6H,1,3H2. The van der Waals surface area contributed by atoms with Crippen molar-refractivity contribution in [3.05, 3.63) is 36.4 Å². The summed E-state index contributed by atoms with van der Waals surface area (Å²) >= 11 is 0. The van der Waals surface area contributed by atoms with E-state index in [2.05, 4.69) is 16.1 Å². The van der Waals surface area contributed by atoms with Crippen LogP contribution in [0.4, 0.5) is 17.6 Å². The molecule has 0 aromatic heterocycles. The monoisotopic (exact) mass is 248 g/mol. The summed E-state index contributed by atoms with van der Waals surface area (Å²) in [5.74, 6) is -0.811. The maximum absolute atomic E-state index is 12.9. The summed E-state index contributed by atoms with van der Waals surface area (Å²) in [7, 11) is 0. The van der Waals surface area contributed by atoms with Crippen molar-refractivity contribution in [2.45, 2.75) is 18.6 Å². The van der Waals surface area contributed by atoms with Gasteiger partial charge in [0.25, 0.3) is 0 Å². The van der Waals surface area contributed by atoms with Crippen LogP contribution in [0.15, 0.2) is 30.9 Å². The van der Waals surface area contributed by atoms with Gasteiger partial charge >= 0.3 is 12.2 Å².